The predicted octanol–water partition coefficient (Wildman–Crippen LogP) is 2.62. The van der Waals surface area contributed by atoms with E-state index in [0.717, 1.165) is 25.7 Å². The van der Waals surface area contributed by atoms with Crippen molar-refractivity contribution in [3.05, 3.63) is 34.9 Å². The van der Waals surface area contributed by atoms with E-state index in [2.05, 4.69) is 13.8 Å². The second-order valence-corrected chi connectivity index (χ2v) is 11.1. The number of ether oxygens (including phenoxy) is 1. The summed E-state index contributed by atoms with van der Waals surface area (Å²) in [5, 5.41) is 33.7. The van der Waals surface area contributed by atoms with Crippen molar-refractivity contribution < 1.29 is 29.6 Å². The zero-order valence-corrected chi connectivity index (χ0v) is 19.1. The van der Waals surface area contributed by atoms with Crippen LogP contribution in [-0.4, -0.2) is 51.5 Å². The van der Waals surface area contributed by atoms with Crippen molar-refractivity contribution in [2.24, 2.45) is 28.6 Å². The Labute approximate surface area is 189 Å². The van der Waals surface area contributed by atoms with Crippen LogP contribution < -0.4 is 0 Å². The minimum atomic E-state index is -2.04. The molecule has 5 aliphatic carbocycles. The second-order valence-electron chi connectivity index (χ2n) is 11.1. The zero-order valence-electron chi connectivity index (χ0n) is 19.1. The largest absolute Gasteiger partial charge is 0.451 e. The Kier molecular flexibility index (Phi) is 4.90. The van der Waals surface area contributed by atoms with Gasteiger partial charge < -0.3 is 20.1 Å². The van der Waals surface area contributed by atoms with Crippen molar-refractivity contribution in [1.29, 1.82) is 0 Å². The summed E-state index contributed by atoms with van der Waals surface area (Å²) in [6.07, 6.45) is 7.20. The first kappa shape index (κ1) is 22.1. The molecule has 0 aromatic carbocycles. The number of carbonyl (C=O) groups excluding carboxylic acids is 2. The molecule has 7 unspecified atom stereocenters. The van der Waals surface area contributed by atoms with Gasteiger partial charge in [0.15, 0.2) is 17.5 Å². The third-order valence-corrected chi connectivity index (χ3v) is 9.24. The van der Waals surface area contributed by atoms with Crippen LogP contribution in [0.25, 0.3) is 0 Å². The average molecular weight is 443 g/mol. The fraction of sp³-hybridized carbons (Fsp3) is 0.692. The molecule has 3 N–H and O–H groups in total. The van der Waals surface area contributed by atoms with E-state index < -0.39 is 41.7 Å². The maximum Gasteiger partial charge on any atom is 0.334 e. The Morgan fingerprint density at radius 2 is 2.03 bits per heavy atom. The molecule has 0 aromatic heterocycles. The number of Topliss-reactive ketones (excluding diaryl/α,β-unsaturated/α-hetero) is 1. The highest BCUT2D eigenvalue weighted by Crippen LogP contribution is 2.70. The maximum atomic E-state index is 14.1. The lowest BCUT2D eigenvalue weighted by atomic mass is 9.63. The normalized spacial score (nSPS) is 44.2. The molecule has 0 saturated heterocycles. The van der Waals surface area contributed by atoms with Gasteiger partial charge in [-0.2, -0.15) is 0 Å². The molecule has 5 aliphatic rings. The predicted molar refractivity (Wildman–Crippen MR) is 117 cm³/mol. The molecule has 2 bridgehead atoms. The number of rotatable bonds is 3. The first-order chi connectivity index (χ1) is 15.1. The standard InChI is InChI=1S/C26H34O6/c1-14-12-25-10-9-18-19(24(18,2)3)17(21(25)29)11-16(13-27)20(28)26(25,31)22(14)32-23(30)15-7-5-4-6-8-15/h7,11-12,17-20,22,27-28,31H,4-6,8-10,13H2,1-3H3. The molecule has 32 heavy (non-hydrogen) atoms. The molecule has 0 aromatic rings. The molecule has 0 amide bonds. The van der Waals surface area contributed by atoms with Gasteiger partial charge >= 0.3 is 5.97 Å². The van der Waals surface area contributed by atoms with E-state index in [9.17, 15) is 24.9 Å². The first-order valence-electron chi connectivity index (χ1n) is 11.9. The van der Waals surface area contributed by atoms with Crippen molar-refractivity contribution in [3.63, 3.8) is 0 Å². The number of aliphatic hydroxyl groups excluding tert-OH is 2. The van der Waals surface area contributed by atoms with Crippen molar-refractivity contribution in [2.45, 2.75) is 77.1 Å². The lowest BCUT2D eigenvalue weighted by Crippen LogP contribution is -2.63. The van der Waals surface area contributed by atoms with Crippen LogP contribution in [-0.2, 0) is 14.3 Å². The molecule has 174 valence electrons. The number of aliphatic hydroxyl groups is 3. The summed E-state index contributed by atoms with van der Waals surface area (Å²) in [7, 11) is 0. The Hall–Kier alpha value is -1.76. The summed E-state index contributed by atoms with van der Waals surface area (Å²) in [4.78, 5) is 27.0. The monoisotopic (exact) mass is 442 g/mol. The van der Waals surface area contributed by atoms with E-state index >= 15 is 0 Å². The van der Waals surface area contributed by atoms with Crippen molar-refractivity contribution in [3.8, 4) is 0 Å². The number of hydrogen-bond acceptors (Lipinski definition) is 6. The summed E-state index contributed by atoms with van der Waals surface area (Å²) in [6.45, 7) is 5.60. The molecule has 6 nitrogen and oxygen atoms in total. The Morgan fingerprint density at radius 1 is 1.28 bits per heavy atom. The molecule has 2 fully saturated rings. The molecule has 1 spiro atoms. The van der Waals surface area contributed by atoms with Crippen molar-refractivity contribution in [2.75, 3.05) is 6.61 Å². The van der Waals surface area contributed by atoms with Crippen LogP contribution in [0.15, 0.2) is 34.9 Å². The number of ketones is 1. The van der Waals surface area contributed by atoms with Crippen LogP contribution in [0, 0.1) is 28.6 Å². The number of hydrogen-bond donors (Lipinski definition) is 3. The highest BCUT2D eigenvalue weighted by molar-refractivity contribution is 5.95. The van der Waals surface area contributed by atoms with Gasteiger partial charge in [0.25, 0.3) is 0 Å². The molecule has 5 rings (SSSR count). The van der Waals surface area contributed by atoms with Gasteiger partial charge in [0.05, 0.1) is 12.0 Å². The topological polar surface area (TPSA) is 104 Å². The number of esters is 1. The quantitative estimate of drug-likeness (QED) is 0.459. The van der Waals surface area contributed by atoms with E-state index in [0.29, 0.717) is 29.9 Å². The van der Waals surface area contributed by atoms with E-state index in [1.165, 1.54) is 0 Å². The molecular formula is C26H34O6. The molecule has 6 heteroatoms. The fourth-order valence-electron chi connectivity index (χ4n) is 7.42. The van der Waals surface area contributed by atoms with Crippen LogP contribution in [0.1, 0.15) is 59.3 Å². The van der Waals surface area contributed by atoms with E-state index in [1.807, 2.05) is 6.08 Å². The fourth-order valence-corrected chi connectivity index (χ4v) is 7.42. The van der Waals surface area contributed by atoms with E-state index in [4.69, 9.17) is 4.74 Å². The molecule has 0 aliphatic heterocycles. The van der Waals surface area contributed by atoms with Gasteiger partial charge in [0.1, 0.15) is 6.10 Å². The lowest BCUT2D eigenvalue weighted by Gasteiger charge is -2.46. The van der Waals surface area contributed by atoms with Gasteiger partial charge in [0, 0.05) is 11.5 Å². The molecule has 0 radical (unpaired) electrons. The number of allylic oxidation sites excluding steroid dienone is 2. The van der Waals surface area contributed by atoms with Crippen LogP contribution in [0.5, 0.6) is 0 Å². The average Bonchev–Trinajstić information content (AvgIpc) is 3.30. The van der Waals surface area contributed by atoms with E-state index in [1.54, 1.807) is 19.1 Å². The van der Waals surface area contributed by atoms with Gasteiger partial charge in [-0.05, 0) is 73.8 Å². The molecular weight excluding hydrogens is 408 g/mol. The van der Waals surface area contributed by atoms with E-state index in [-0.39, 0.29) is 22.7 Å². The summed E-state index contributed by atoms with van der Waals surface area (Å²) in [5.74, 6) is -0.652. The zero-order chi connectivity index (χ0) is 23.1. The lowest BCUT2D eigenvalue weighted by molar-refractivity contribution is -0.195. The second kappa shape index (κ2) is 7.12. The van der Waals surface area contributed by atoms with Crippen LogP contribution in [0.2, 0.25) is 0 Å². The van der Waals surface area contributed by atoms with Gasteiger partial charge in [-0.15, -0.1) is 0 Å². The van der Waals surface area contributed by atoms with Crippen molar-refractivity contribution in [1.82, 2.24) is 0 Å². The number of fused-ring (bicyclic) bond motifs is 3. The summed E-state index contributed by atoms with van der Waals surface area (Å²) in [5.41, 5.74) is -1.98. The number of carbonyl (C=O) groups is 2. The van der Waals surface area contributed by atoms with Crippen LogP contribution in [0.4, 0.5) is 0 Å². The van der Waals surface area contributed by atoms with Gasteiger partial charge in [-0.25, -0.2) is 4.79 Å². The minimum absolute atomic E-state index is 0.00307. The summed E-state index contributed by atoms with van der Waals surface area (Å²) in [6, 6.07) is 0. The van der Waals surface area contributed by atoms with Crippen molar-refractivity contribution >= 4 is 11.8 Å². The van der Waals surface area contributed by atoms with Crippen LogP contribution >= 0.6 is 0 Å². The third kappa shape index (κ3) is 2.69. The molecule has 2 saturated carbocycles. The van der Waals surface area contributed by atoms with Gasteiger partial charge in [-0.1, -0.05) is 32.1 Å². The van der Waals surface area contributed by atoms with Gasteiger partial charge in [0.2, 0.25) is 0 Å². The summed E-state index contributed by atoms with van der Waals surface area (Å²) < 4.78 is 5.86. The Morgan fingerprint density at radius 3 is 2.69 bits per heavy atom. The maximum absolute atomic E-state index is 14.1. The smallest absolute Gasteiger partial charge is 0.334 e. The third-order valence-electron chi connectivity index (χ3n) is 9.24. The summed E-state index contributed by atoms with van der Waals surface area (Å²) >= 11 is 0. The van der Waals surface area contributed by atoms with Crippen LogP contribution in [0.3, 0.4) is 0 Å². The Bertz CT molecular complexity index is 957. The SMILES string of the molecule is CC1=CC23CCC4C(C(C=C(CO)C(O)C2(O)C1OC(=O)C1=CCCCC1)C3=O)C4(C)C. The highest BCUT2D eigenvalue weighted by Gasteiger charge is 2.74. The molecule has 0 heterocycles. The Balaban J connectivity index is 1.59. The highest BCUT2D eigenvalue weighted by atomic mass is 16.6. The minimum Gasteiger partial charge on any atom is -0.451 e. The first-order valence-corrected chi connectivity index (χ1v) is 11.9. The molecule has 7 atom stereocenters. The van der Waals surface area contributed by atoms with Gasteiger partial charge in [-0.3, -0.25) is 4.79 Å².